The van der Waals surface area contributed by atoms with Crippen LogP contribution in [0.4, 0.5) is 4.79 Å². The number of carbonyl (C=O) groups is 2. The normalized spacial score (nSPS) is 16.9. The van der Waals surface area contributed by atoms with E-state index in [4.69, 9.17) is 4.74 Å². The molecule has 2 amide bonds. The summed E-state index contributed by atoms with van der Waals surface area (Å²) in [5.41, 5.74) is 0.666. The number of ether oxygens (including phenoxy) is 1. The SMILES string of the molecule is CCCCN(CCCCN(CC1CCCCC1)C(=O)OC(C)(C)C)CC1CCN(C(=O)Cc2cccc3ccccc23)CC1. The van der Waals surface area contributed by atoms with Gasteiger partial charge in [-0.05, 0) is 107 Å². The van der Waals surface area contributed by atoms with E-state index in [0.29, 0.717) is 18.3 Å². The van der Waals surface area contributed by atoms with Gasteiger partial charge in [-0.15, -0.1) is 0 Å². The third-order valence-electron chi connectivity index (χ3n) is 9.54. The van der Waals surface area contributed by atoms with E-state index in [1.165, 1.54) is 55.7 Å². The highest BCUT2D eigenvalue weighted by Gasteiger charge is 2.27. The van der Waals surface area contributed by atoms with E-state index in [9.17, 15) is 9.59 Å². The second kappa shape index (κ2) is 17.2. The van der Waals surface area contributed by atoms with Gasteiger partial charge in [0.1, 0.15) is 5.60 Å². The predicted molar refractivity (Wildman–Crippen MR) is 182 cm³/mol. The molecule has 2 aliphatic rings. The van der Waals surface area contributed by atoms with E-state index in [2.05, 4.69) is 59.2 Å². The molecule has 2 aromatic rings. The van der Waals surface area contributed by atoms with Crippen LogP contribution in [0.15, 0.2) is 42.5 Å². The number of likely N-dealkylation sites (tertiary alicyclic amines) is 1. The Balaban J connectivity index is 1.23. The zero-order valence-electron chi connectivity index (χ0n) is 28.2. The van der Waals surface area contributed by atoms with E-state index < -0.39 is 5.60 Å². The molecule has 1 saturated heterocycles. The summed E-state index contributed by atoms with van der Waals surface area (Å²) in [6.45, 7) is 14.8. The first kappa shape index (κ1) is 34.3. The van der Waals surface area contributed by atoms with Gasteiger partial charge in [-0.1, -0.05) is 75.1 Å². The second-order valence-electron chi connectivity index (χ2n) is 14.4. The maximum atomic E-state index is 13.2. The molecule has 1 saturated carbocycles. The summed E-state index contributed by atoms with van der Waals surface area (Å²) < 4.78 is 5.80. The third kappa shape index (κ3) is 11.1. The van der Waals surface area contributed by atoms with Gasteiger partial charge in [0, 0.05) is 32.7 Å². The standard InChI is InChI=1S/C38H59N3O3/c1-5-6-23-39(24-12-13-25-41(37(43)44-38(2,3)4)30-31-15-8-7-9-16-31)29-32-21-26-40(27-22-32)36(42)28-34-19-14-18-33-17-10-11-20-35(33)34/h10-11,14,17-20,31-32H,5-9,12-13,15-16,21-30H2,1-4H3. The Kier molecular flexibility index (Phi) is 13.4. The van der Waals surface area contributed by atoms with E-state index in [-0.39, 0.29) is 12.0 Å². The van der Waals surface area contributed by atoms with Crippen molar-refractivity contribution in [3.63, 3.8) is 0 Å². The van der Waals surface area contributed by atoms with E-state index in [0.717, 1.165) is 77.1 Å². The fourth-order valence-electron chi connectivity index (χ4n) is 7.03. The smallest absolute Gasteiger partial charge is 0.410 e. The number of hydrogen-bond acceptors (Lipinski definition) is 4. The van der Waals surface area contributed by atoms with Crippen LogP contribution >= 0.6 is 0 Å². The highest BCUT2D eigenvalue weighted by molar-refractivity contribution is 5.90. The van der Waals surface area contributed by atoms with Crippen molar-refractivity contribution in [2.24, 2.45) is 11.8 Å². The summed E-state index contributed by atoms with van der Waals surface area (Å²) in [5, 5.41) is 2.39. The number of hydrogen-bond donors (Lipinski definition) is 0. The molecule has 0 spiro atoms. The predicted octanol–water partition coefficient (Wildman–Crippen LogP) is 8.32. The molecule has 0 unspecified atom stereocenters. The molecule has 2 fully saturated rings. The monoisotopic (exact) mass is 605 g/mol. The van der Waals surface area contributed by atoms with E-state index in [1.807, 2.05) is 25.7 Å². The first-order valence-corrected chi connectivity index (χ1v) is 17.7. The molecule has 1 aliphatic heterocycles. The first-order chi connectivity index (χ1) is 21.2. The lowest BCUT2D eigenvalue weighted by Gasteiger charge is -2.35. The summed E-state index contributed by atoms with van der Waals surface area (Å²) in [5.74, 6) is 1.51. The summed E-state index contributed by atoms with van der Waals surface area (Å²) in [6.07, 6.45) is 13.4. The lowest BCUT2D eigenvalue weighted by Crippen LogP contribution is -2.42. The van der Waals surface area contributed by atoms with Crippen LogP contribution in [0.3, 0.4) is 0 Å². The van der Waals surface area contributed by atoms with Crippen LogP contribution in [-0.4, -0.2) is 78.1 Å². The topological polar surface area (TPSA) is 53.1 Å². The molecule has 2 aromatic carbocycles. The first-order valence-electron chi connectivity index (χ1n) is 17.7. The van der Waals surface area contributed by atoms with Crippen molar-refractivity contribution in [3.8, 4) is 0 Å². The minimum atomic E-state index is -0.463. The molecule has 4 rings (SSSR count). The molecule has 6 nitrogen and oxygen atoms in total. The molecular weight excluding hydrogens is 546 g/mol. The maximum Gasteiger partial charge on any atom is 0.410 e. The van der Waals surface area contributed by atoms with Gasteiger partial charge in [-0.25, -0.2) is 4.79 Å². The number of piperidine rings is 1. The van der Waals surface area contributed by atoms with E-state index >= 15 is 0 Å². The molecule has 44 heavy (non-hydrogen) atoms. The van der Waals surface area contributed by atoms with Gasteiger partial charge >= 0.3 is 6.09 Å². The molecular formula is C38H59N3O3. The van der Waals surface area contributed by atoms with Crippen molar-refractivity contribution in [2.75, 3.05) is 45.8 Å². The molecule has 0 atom stereocenters. The zero-order chi connectivity index (χ0) is 31.4. The Labute approximate surface area is 267 Å². The summed E-state index contributed by atoms with van der Waals surface area (Å²) in [4.78, 5) is 33.0. The van der Waals surface area contributed by atoms with Gasteiger partial charge in [-0.3, -0.25) is 4.79 Å². The number of benzene rings is 2. The molecule has 1 aliphatic carbocycles. The second-order valence-corrected chi connectivity index (χ2v) is 14.4. The van der Waals surface area contributed by atoms with Crippen molar-refractivity contribution in [2.45, 2.75) is 110 Å². The molecule has 0 radical (unpaired) electrons. The Morgan fingerprint density at radius 2 is 1.48 bits per heavy atom. The van der Waals surface area contributed by atoms with Crippen molar-refractivity contribution in [1.29, 1.82) is 0 Å². The number of fused-ring (bicyclic) bond motifs is 1. The Morgan fingerprint density at radius 3 is 2.20 bits per heavy atom. The summed E-state index contributed by atoms with van der Waals surface area (Å²) >= 11 is 0. The van der Waals surface area contributed by atoms with Crippen LogP contribution in [-0.2, 0) is 16.0 Å². The van der Waals surface area contributed by atoms with Gasteiger partial charge in [0.25, 0.3) is 0 Å². The highest BCUT2D eigenvalue weighted by Crippen LogP contribution is 2.26. The zero-order valence-corrected chi connectivity index (χ0v) is 28.2. The van der Waals surface area contributed by atoms with Crippen molar-refractivity contribution in [3.05, 3.63) is 48.0 Å². The third-order valence-corrected chi connectivity index (χ3v) is 9.54. The average molecular weight is 606 g/mol. The van der Waals surface area contributed by atoms with Crippen LogP contribution in [0.2, 0.25) is 0 Å². The highest BCUT2D eigenvalue weighted by atomic mass is 16.6. The lowest BCUT2D eigenvalue weighted by molar-refractivity contribution is -0.131. The van der Waals surface area contributed by atoms with Crippen LogP contribution in [0.25, 0.3) is 10.8 Å². The fourth-order valence-corrected chi connectivity index (χ4v) is 7.03. The van der Waals surface area contributed by atoms with Crippen molar-refractivity contribution < 1.29 is 14.3 Å². The summed E-state index contributed by atoms with van der Waals surface area (Å²) in [6, 6.07) is 14.6. The molecule has 0 N–H and O–H groups in total. The maximum absolute atomic E-state index is 13.2. The molecule has 1 heterocycles. The van der Waals surface area contributed by atoms with Gasteiger partial charge in [0.05, 0.1) is 6.42 Å². The van der Waals surface area contributed by atoms with Crippen LogP contribution in [0, 0.1) is 11.8 Å². The van der Waals surface area contributed by atoms with Crippen molar-refractivity contribution in [1.82, 2.24) is 14.7 Å². The quantitative estimate of drug-likeness (QED) is 0.203. The number of unbranched alkanes of at least 4 members (excludes halogenated alkanes) is 2. The van der Waals surface area contributed by atoms with Crippen molar-refractivity contribution >= 4 is 22.8 Å². The molecule has 6 heteroatoms. The van der Waals surface area contributed by atoms with E-state index in [1.54, 1.807) is 0 Å². The summed E-state index contributed by atoms with van der Waals surface area (Å²) in [7, 11) is 0. The van der Waals surface area contributed by atoms with Gasteiger partial charge < -0.3 is 19.4 Å². The van der Waals surface area contributed by atoms with Gasteiger partial charge in [0.2, 0.25) is 5.91 Å². The molecule has 244 valence electrons. The minimum absolute atomic E-state index is 0.146. The fraction of sp³-hybridized carbons (Fsp3) is 0.684. The lowest BCUT2D eigenvalue weighted by atomic mass is 9.89. The number of amides is 2. The number of carbonyl (C=O) groups excluding carboxylic acids is 2. The molecule has 0 aromatic heterocycles. The van der Waals surface area contributed by atoms with Crippen LogP contribution in [0.1, 0.15) is 104 Å². The Morgan fingerprint density at radius 1 is 0.818 bits per heavy atom. The van der Waals surface area contributed by atoms with Crippen LogP contribution in [0.5, 0.6) is 0 Å². The number of rotatable bonds is 14. The Bertz CT molecular complexity index is 1160. The molecule has 0 bridgehead atoms. The minimum Gasteiger partial charge on any atom is -0.444 e. The van der Waals surface area contributed by atoms with Gasteiger partial charge in [0.15, 0.2) is 0 Å². The van der Waals surface area contributed by atoms with Gasteiger partial charge in [-0.2, -0.15) is 0 Å². The largest absolute Gasteiger partial charge is 0.444 e. The Hall–Kier alpha value is -2.60. The van der Waals surface area contributed by atoms with Crippen LogP contribution < -0.4 is 0 Å². The number of nitrogens with zero attached hydrogens (tertiary/aromatic N) is 3. The average Bonchev–Trinajstić information content (AvgIpc) is 3.01.